The summed E-state index contributed by atoms with van der Waals surface area (Å²) in [5.74, 6) is 0.976. The first-order valence-electron chi connectivity index (χ1n) is 5.98. The van der Waals surface area contributed by atoms with Crippen molar-refractivity contribution < 1.29 is 13.2 Å². The Morgan fingerprint density at radius 2 is 1.94 bits per heavy atom. The van der Waals surface area contributed by atoms with Gasteiger partial charge in [0.2, 0.25) is 10.0 Å². The lowest BCUT2D eigenvalue weighted by atomic mass is 10.1. The van der Waals surface area contributed by atoms with Crippen LogP contribution in [0.5, 0.6) is 5.75 Å². The Hall–Kier alpha value is -1.07. The summed E-state index contributed by atoms with van der Waals surface area (Å²) in [5.41, 5.74) is 0.890. The maximum absolute atomic E-state index is 11.8. The van der Waals surface area contributed by atoms with Crippen LogP contribution >= 0.6 is 0 Å². The molecule has 0 aliphatic heterocycles. The standard InChI is InChI=1S/C13H21NO3S/c1-10(2)9-18(15,16)14-11(3)12-6-5-7-13(8-12)17-4/h5-8,10-11,14H,9H2,1-4H3/t11-/m0/s1. The van der Waals surface area contributed by atoms with Gasteiger partial charge in [0.1, 0.15) is 5.75 Å². The molecule has 0 unspecified atom stereocenters. The number of rotatable bonds is 6. The monoisotopic (exact) mass is 271 g/mol. The quantitative estimate of drug-likeness (QED) is 0.864. The molecule has 1 atom stereocenters. The Bertz CT molecular complexity index is 483. The zero-order valence-corrected chi connectivity index (χ0v) is 12.1. The van der Waals surface area contributed by atoms with E-state index in [-0.39, 0.29) is 17.7 Å². The topological polar surface area (TPSA) is 55.4 Å². The van der Waals surface area contributed by atoms with E-state index in [4.69, 9.17) is 4.74 Å². The van der Waals surface area contributed by atoms with Crippen LogP contribution in [0, 0.1) is 5.92 Å². The van der Waals surface area contributed by atoms with Crippen molar-refractivity contribution in [2.45, 2.75) is 26.8 Å². The molecule has 102 valence electrons. The molecule has 0 bridgehead atoms. The highest BCUT2D eigenvalue weighted by molar-refractivity contribution is 7.89. The minimum atomic E-state index is -3.24. The van der Waals surface area contributed by atoms with E-state index in [1.807, 2.05) is 45.0 Å². The highest BCUT2D eigenvalue weighted by atomic mass is 32.2. The number of methoxy groups -OCH3 is 1. The van der Waals surface area contributed by atoms with Crippen molar-refractivity contribution in [2.24, 2.45) is 5.92 Å². The van der Waals surface area contributed by atoms with E-state index in [0.29, 0.717) is 0 Å². The van der Waals surface area contributed by atoms with Gasteiger partial charge in [-0.1, -0.05) is 26.0 Å². The van der Waals surface area contributed by atoms with Crippen molar-refractivity contribution in [3.05, 3.63) is 29.8 Å². The molecule has 5 heteroatoms. The predicted octanol–water partition coefficient (Wildman–Crippen LogP) is 2.33. The Morgan fingerprint density at radius 3 is 2.50 bits per heavy atom. The van der Waals surface area contributed by atoms with Gasteiger partial charge in [-0.15, -0.1) is 0 Å². The van der Waals surface area contributed by atoms with Crippen LogP contribution < -0.4 is 9.46 Å². The first-order chi connectivity index (χ1) is 8.34. The first kappa shape index (κ1) is 15.0. The van der Waals surface area contributed by atoms with E-state index in [1.54, 1.807) is 7.11 Å². The van der Waals surface area contributed by atoms with Gasteiger partial charge in [0.05, 0.1) is 12.9 Å². The molecule has 0 saturated heterocycles. The fraction of sp³-hybridized carbons (Fsp3) is 0.538. The summed E-state index contributed by atoms with van der Waals surface area (Å²) in [5, 5.41) is 0. The second kappa shape index (κ2) is 6.20. The summed E-state index contributed by atoms with van der Waals surface area (Å²) in [6, 6.07) is 7.14. The van der Waals surface area contributed by atoms with Crippen LogP contribution in [0.15, 0.2) is 24.3 Å². The van der Waals surface area contributed by atoms with Gasteiger partial charge in [0, 0.05) is 6.04 Å². The zero-order chi connectivity index (χ0) is 13.8. The minimum absolute atomic E-state index is 0.111. The molecule has 0 aliphatic rings. The zero-order valence-electron chi connectivity index (χ0n) is 11.3. The molecular weight excluding hydrogens is 250 g/mol. The Labute approximate surface area is 109 Å². The normalized spacial score (nSPS) is 13.6. The van der Waals surface area contributed by atoms with Crippen molar-refractivity contribution in [1.82, 2.24) is 4.72 Å². The van der Waals surface area contributed by atoms with E-state index >= 15 is 0 Å². The molecule has 18 heavy (non-hydrogen) atoms. The maximum atomic E-state index is 11.8. The largest absolute Gasteiger partial charge is 0.497 e. The van der Waals surface area contributed by atoms with Gasteiger partial charge in [-0.2, -0.15) is 0 Å². The molecular formula is C13H21NO3S. The van der Waals surface area contributed by atoms with Gasteiger partial charge in [-0.3, -0.25) is 0 Å². The third kappa shape index (κ3) is 4.66. The second-order valence-corrected chi connectivity index (χ2v) is 6.59. The molecule has 0 amide bonds. The van der Waals surface area contributed by atoms with Crippen molar-refractivity contribution >= 4 is 10.0 Å². The molecule has 1 aromatic rings. The fourth-order valence-electron chi connectivity index (χ4n) is 1.74. The number of sulfonamides is 1. The third-order valence-electron chi connectivity index (χ3n) is 2.50. The van der Waals surface area contributed by atoms with Gasteiger partial charge >= 0.3 is 0 Å². The van der Waals surface area contributed by atoms with Crippen molar-refractivity contribution in [2.75, 3.05) is 12.9 Å². The number of hydrogen-bond acceptors (Lipinski definition) is 3. The molecule has 0 aromatic heterocycles. The fourth-order valence-corrected chi connectivity index (χ4v) is 3.38. The van der Waals surface area contributed by atoms with Gasteiger partial charge in [-0.05, 0) is 30.5 Å². The van der Waals surface area contributed by atoms with Gasteiger partial charge < -0.3 is 4.74 Å². The molecule has 0 fully saturated rings. The van der Waals surface area contributed by atoms with Crippen molar-refractivity contribution in [1.29, 1.82) is 0 Å². The second-order valence-electron chi connectivity index (χ2n) is 4.79. The van der Waals surface area contributed by atoms with Crippen LogP contribution in [0.3, 0.4) is 0 Å². The molecule has 1 rings (SSSR count). The summed E-state index contributed by atoms with van der Waals surface area (Å²) in [6.07, 6.45) is 0. The highest BCUT2D eigenvalue weighted by Crippen LogP contribution is 2.19. The SMILES string of the molecule is COc1cccc([C@H](C)NS(=O)(=O)CC(C)C)c1. The summed E-state index contributed by atoms with van der Waals surface area (Å²) in [7, 11) is -1.65. The van der Waals surface area contributed by atoms with Crippen LogP contribution in [-0.4, -0.2) is 21.3 Å². The number of benzene rings is 1. The number of nitrogens with one attached hydrogen (secondary N) is 1. The molecule has 1 aromatic carbocycles. The Kier molecular flexibility index (Phi) is 5.16. The summed E-state index contributed by atoms with van der Waals surface area (Å²) >= 11 is 0. The summed E-state index contributed by atoms with van der Waals surface area (Å²) < 4.78 is 31.5. The van der Waals surface area contributed by atoms with Crippen LogP contribution in [0.2, 0.25) is 0 Å². The predicted molar refractivity (Wildman–Crippen MR) is 73.2 cm³/mol. The Balaban J connectivity index is 2.78. The molecule has 1 N–H and O–H groups in total. The molecule has 0 spiro atoms. The molecule has 0 aliphatic carbocycles. The van der Waals surface area contributed by atoms with Crippen LogP contribution in [-0.2, 0) is 10.0 Å². The first-order valence-corrected chi connectivity index (χ1v) is 7.63. The van der Waals surface area contributed by atoms with Crippen molar-refractivity contribution in [3.8, 4) is 5.75 Å². The molecule has 4 nitrogen and oxygen atoms in total. The summed E-state index contributed by atoms with van der Waals surface area (Å²) in [4.78, 5) is 0. The smallest absolute Gasteiger partial charge is 0.212 e. The number of hydrogen-bond donors (Lipinski definition) is 1. The van der Waals surface area contributed by atoms with Crippen LogP contribution in [0.4, 0.5) is 0 Å². The van der Waals surface area contributed by atoms with E-state index in [9.17, 15) is 8.42 Å². The lowest BCUT2D eigenvalue weighted by molar-refractivity contribution is 0.413. The van der Waals surface area contributed by atoms with Gasteiger partial charge in [-0.25, -0.2) is 13.1 Å². The number of ether oxygens (including phenoxy) is 1. The highest BCUT2D eigenvalue weighted by Gasteiger charge is 2.17. The van der Waals surface area contributed by atoms with Crippen LogP contribution in [0.1, 0.15) is 32.4 Å². The van der Waals surface area contributed by atoms with Crippen molar-refractivity contribution in [3.63, 3.8) is 0 Å². The minimum Gasteiger partial charge on any atom is -0.497 e. The summed E-state index contributed by atoms with van der Waals surface area (Å²) in [6.45, 7) is 5.59. The van der Waals surface area contributed by atoms with E-state index in [1.165, 1.54) is 0 Å². The molecule has 0 saturated carbocycles. The molecule has 0 radical (unpaired) electrons. The average molecular weight is 271 g/mol. The Morgan fingerprint density at radius 1 is 1.28 bits per heavy atom. The van der Waals surface area contributed by atoms with Gasteiger partial charge in [0.15, 0.2) is 0 Å². The van der Waals surface area contributed by atoms with Crippen LogP contribution in [0.25, 0.3) is 0 Å². The molecule has 0 heterocycles. The van der Waals surface area contributed by atoms with E-state index < -0.39 is 10.0 Å². The maximum Gasteiger partial charge on any atom is 0.212 e. The van der Waals surface area contributed by atoms with Gasteiger partial charge in [0.25, 0.3) is 0 Å². The van der Waals surface area contributed by atoms with E-state index in [2.05, 4.69) is 4.72 Å². The third-order valence-corrected chi connectivity index (χ3v) is 4.32. The average Bonchev–Trinajstić information content (AvgIpc) is 2.26. The lowest BCUT2D eigenvalue weighted by Crippen LogP contribution is -2.30. The lowest BCUT2D eigenvalue weighted by Gasteiger charge is -2.16. The van der Waals surface area contributed by atoms with E-state index in [0.717, 1.165) is 11.3 Å².